The van der Waals surface area contributed by atoms with Gasteiger partial charge in [0.1, 0.15) is 0 Å². The zero-order valence-electron chi connectivity index (χ0n) is 14.0. The molecular weight excluding hydrogens is 308 g/mol. The van der Waals surface area contributed by atoms with E-state index in [-0.39, 0.29) is 30.8 Å². The van der Waals surface area contributed by atoms with E-state index in [1.807, 2.05) is 30.3 Å². The fourth-order valence-electron chi connectivity index (χ4n) is 3.09. The van der Waals surface area contributed by atoms with E-state index in [1.54, 1.807) is 4.90 Å². The maximum atomic E-state index is 12.5. The lowest BCUT2D eigenvalue weighted by molar-refractivity contribution is -0.142. The second-order valence-corrected chi connectivity index (χ2v) is 6.16. The van der Waals surface area contributed by atoms with E-state index in [0.717, 1.165) is 12.0 Å². The Labute approximate surface area is 142 Å². The Kier molecular flexibility index (Phi) is 6.35. The Balaban J connectivity index is 1.93. The molecule has 2 rings (SSSR count). The second kappa shape index (κ2) is 8.47. The number of likely N-dealkylation sites (tertiary alicyclic amines) is 1. The van der Waals surface area contributed by atoms with Crippen LogP contribution in [0.2, 0.25) is 0 Å². The zero-order valence-corrected chi connectivity index (χ0v) is 14.0. The van der Waals surface area contributed by atoms with Crippen molar-refractivity contribution in [2.75, 3.05) is 19.6 Å². The number of aliphatic carboxylic acids is 1. The number of carbonyl (C=O) groups excluding carboxylic acids is 2. The first-order chi connectivity index (χ1) is 11.5. The highest BCUT2D eigenvalue weighted by Gasteiger charge is 2.31. The van der Waals surface area contributed by atoms with Gasteiger partial charge in [0, 0.05) is 26.1 Å². The maximum absolute atomic E-state index is 12.5. The van der Waals surface area contributed by atoms with Crippen LogP contribution in [0.4, 0.5) is 0 Å². The summed E-state index contributed by atoms with van der Waals surface area (Å²) in [4.78, 5) is 38.4. The number of hydrogen-bond donors (Lipinski definition) is 1. The largest absolute Gasteiger partial charge is 0.481 e. The lowest BCUT2D eigenvalue weighted by atomic mass is 10.1. The standard InChI is InChI=1S/C18H24N2O4/c1-14(21)19(11-9-15-6-3-2-4-7-15)13-17(22)20-10-5-8-16(20)12-18(23)24/h2-4,6-7,16H,5,8-13H2,1H3,(H,23,24). The molecule has 1 unspecified atom stereocenters. The summed E-state index contributed by atoms with van der Waals surface area (Å²) in [6.45, 7) is 2.51. The number of nitrogens with zero attached hydrogens (tertiary/aromatic N) is 2. The van der Waals surface area contributed by atoms with Crippen LogP contribution in [0, 0.1) is 0 Å². The maximum Gasteiger partial charge on any atom is 0.305 e. The monoisotopic (exact) mass is 332 g/mol. The minimum atomic E-state index is -0.896. The third-order valence-corrected chi connectivity index (χ3v) is 4.39. The summed E-state index contributed by atoms with van der Waals surface area (Å²) in [5.74, 6) is -1.21. The molecule has 1 N–H and O–H groups in total. The highest BCUT2D eigenvalue weighted by molar-refractivity contribution is 5.84. The fraction of sp³-hybridized carbons (Fsp3) is 0.500. The topological polar surface area (TPSA) is 77.9 Å². The number of amides is 2. The SMILES string of the molecule is CC(=O)N(CCc1ccccc1)CC(=O)N1CCCC1CC(=O)O. The molecule has 0 aromatic heterocycles. The van der Waals surface area contributed by atoms with E-state index in [2.05, 4.69) is 0 Å². The van der Waals surface area contributed by atoms with E-state index in [1.165, 1.54) is 11.8 Å². The number of carboxylic acids is 1. The van der Waals surface area contributed by atoms with Crippen molar-refractivity contribution in [3.8, 4) is 0 Å². The van der Waals surface area contributed by atoms with E-state index in [9.17, 15) is 14.4 Å². The third kappa shape index (κ3) is 5.08. The number of rotatable bonds is 7. The molecular formula is C18H24N2O4. The summed E-state index contributed by atoms with van der Waals surface area (Å²) in [5, 5.41) is 8.95. The van der Waals surface area contributed by atoms with Gasteiger partial charge in [-0.1, -0.05) is 30.3 Å². The predicted molar refractivity (Wildman–Crippen MR) is 89.4 cm³/mol. The summed E-state index contributed by atoms with van der Waals surface area (Å²) in [7, 11) is 0. The van der Waals surface area contributed by atoms with Crippen molar-refractivity contribution in [3.05, 3.63) is 35.9 Å². The van der Waals surface area contributed by atoms with Crippen LogP contribution < -0.4 is 0 Å². The van der Waals surface area contributed by atoms with Crippen molar-refractivity contribution in [1.82, 2.24) is 9.80 Å². The molecule has 1 aliphatic rings. The van der Waals surface area contributed by atoms with Crippen LogP contribution in [0.5, 0.6) is 0 Å². The third-order valence-electron chi connectivity index (χ3n) is 4.39. The number of carbonyl (C=O) groups is 3. The molecule has 1 heterocycles. The van der Waals surface area contributed by atoms with Crippen LogP contribution >= 0.6 is 0 Å². The van der Waals surface area contributed by atoms with Gasteiger partial charge in [-0.15, -0.1) is 0 Å². The van der Waals surface area contributed by atoms with Crippen molar-refractivity contribution in [1.29, 1.82) is 0 Å². The minimum Gasteiger partial charge on any atom is -0.481 e. The van der Waals surface area contributed by atoms with Crippen molar-refractivity contribution in [3.63, 3.8) is 0 Å². The van der Waals surface area contributed by atoms with E-state index in [4.69, 9.17) is 5.11 Å². The molecule has 0 bridgehead atoms. The van der Waals surface area contributed by atoms with Crippen LogP contribution in [0.15, 0.2) is 30.3 Å². The van der Waals surface area contributed by atoms with Gasteiger partial charge < -0.3 is 14.9 Å². The molecule has 0 radical (unpaired) electrons. The molecule has 0 saturated carbocycles. The molecule has 6 nitrogen and oxygen atoms in total. The van der Waals surface area contributed by atoms with E-state index >= 15 is 0 Å². The molecule has 2 amide bonds. The molecule has 6 heteroatoms. The van der Waals surface area contributed by atoms with Crippen molar-refractivity contribution < 1.29 is 19.5 Å². The van der Waals surface area contributed by atoms with Crippen LogP contribution in [0.1, 0.15) is 31.7 Å². The summed E-state index contributed by atoms with van der Waals surface area (Å²) in [5.41, 5.74) is 1.11. The molecule has 0 aliphatic carbocycles. The fourth-order valence-corrected chi connectivity index (χ4v) is 3.09. The van der Waals surface area contributed by atoms with Crippen LogP contribution in [-0.4, -0.2) is 58.4 Å². The van der Waals surface area contributed by atoms with Gasteiger partial charge in [0.05, 0.1) is 13.0 Å². The van der Waals surface area contributed by atoms with Crippen molar-refractivity contribution in [2.45, 2.75) is 38.6 Å². The second-order valence-electron chi connectivity index (χ2n) is 6.16. The smallest absolute Gasteiger partial charge is 0.305 e. The van der Waals surface area contributed by atoms with Crippen LogP contribution in [0.3, 0.4) is 0 Å². The summed E-state index contributed by atoms with van der Waals surface area (Å²) in [6, 6.07) is 9.55. The lowest BCUT2D eigenvalue weighted by Gasteiger charge is -2.27. The molecule has 1 atom stereocenters. The van der Waals surface area contributed by atoms with Gasteiger partial charge in [-0.2, -0.15) is 0 Å². The first-order valence-electron chi connectivity index (χ1n) is 8.28. The highest BCUT2D eigenvalue weighted by Crippen LogP contribution is 2.20. The van der Waals surface area contributed by atoms with Crippen molar-refractivity contribution >= 4 is 17.8 Å². The summed E-state index contributed by atoms with van der Waals surface area (Å²) >= 11 is 0. The molecule has 1 aromatic rings. The van der Waals surface area contributed by atoms with Gasteiger partial charge in [-0.05, 0) is 24.8 Å². The molecule has 130 valence electrons. The Morgan fingerprint density at radius 2 is 1.96 bits per heavy atom. The minimum absolute atomic E-state index is 0.0122. The molecule has 24 heavy (non-hydrogen) atoms. The zero-order chi connectivity index (χ0) is 17.5. The number of carboxylic acid groups (broad SMARTS) is 1. The van der Waals surface area contributed by atoms with Gasteiger partial charge in [0.15, 0.2) is 0 Å². The van der Waals surface area contributed by atoms with E-state index in [0.29, 0.717) is 25.9 Å². The average molecular weight is 332 g/mol. The molecule has 1 fully saturated rings. The van der Waals surface area contributed by atoms with Gasteiger partial charge in [-0.3, -0.25) is 14.4 Å². The first kappa shape index (κ1) is 18.0. The van der Waals surface area contributed by atoms with Gasteiger partial charge >= 0.3 is 5.97 Å². The quantitative estimate of drug-likeness (QED) is 0.822. The predicted octanol–water partition coefficient (Wildman–Crippen LogP) is 1.54. The van der Waals surface area contributed by atoms with E-state index < -0.39 is 5.97 Å². The Morgan fingerprint density at radius 3 is 2.58 bits per heavy atom. The summed E-state index contributed by atoms with van der Waals surface area (Å²) < 4.78 is 0. The Bertz CT molecular complexity index is 588. The Hall–Kier alpha value is -2.37. The normalized spacial score (nSPS) is 16.9. The van der Waals surface area contributed by atoms with Crippen LogP contribution in [0.25, 0.3) is 0 Å². The number of benzene rings is 1. The Morgan fingerprint density at radius 1 is 1.25 bits per heavy atom. The first-order valence-corrected chi connectivity index (χ1v) is 8.28. The molecule has 1 aliphatic heterocycles. The van der Waals surface area contributed by atoms with Gasteiger partial charge in [-0.25, -0.2) is 0 Å². The molecule has 1 saturated heterocycles. The van der Waals surface area contributed by atoms with Crippen molar-refractivity contribution in [2.24, 2.45) is 0 Å². The van der Waals surface area contributed by atoms with Crippen LogP contribution in [-0.2, 0) is 20.8 Å². The van der Waals surface area contributed by atoms with Gasteiger partial charge in [0.2, 0.25) is 11.8 Å². The molecule has 0 spiro atoms. The lowest BCUT2D eigenvalue weighted by Crippen LogP contribution is -2.45. The average Bonchev–Trinajstić information content (AvgIpc) is 2.99. The molecule has 1 aromatic carbocycles. The number of hydrogen-bond acceptors (Lipinski definition) is 3. The van der Waals surface area contributed by atoms with Gasteiger partial charge in [0.25, 0.3) is 0 Å². The highest BCUT2D eigenvalue weighted by atomic mass is 16.4. The summed E-state index contributed by atoms with van der Waals surface area (Å²) in [6.07, 6.45) is 2.18.